The molecule has 0 saturated carbocycles. The molecule has 3 heterocycles. The first-order valence-corrected chi connectivity index (χ1v) is 15.4. The van der Waals surface area contributed by atoms with E-state index in [0.29, 0.717) is 41.1 Å². The highest BCUT2D eigenvalue weighted by molar-refractivity contribution is 6.39. The average Bonchev–Trinajstić information content (AvgIpc) is 3.42. The summed E-state index contributed by atoms with van der Waals surface area (Å²) in [5, 5.41) is 13.5. The highest BCUT2D eigenvalue weighted by Gasteiger charge is 2.24. The summed E-state index contributed by atoms with van der Waals surface area (Å²) in [5.41, 5.74) is 6.47. The largest absolute Gasteiger partial charge is 0.481 e. The minimum atomic E-state index is -0.120. The summed E-state index contributed by atoms with van der Waals surface area (Å²) in [6.45, 7) is 2.12. The molecule has 3 aromatic carbocycles. The van der Waals surface area contributed by atoms with Gasteiger partial charge in [0.2, 0.25) is 17.7 Å². The normalized spacial score (nSPS) is 17.6. The van der Waals surface area contributed by atoms with Gasteiger partial charge in [-0.2, -0.15) is 0 Å². The molecule has 2 amide bonds. The third kappa shape index (κ3) is 6.44. The predicted octanol–water partition coefficient (Wildman–Crippen LogP) is 6.07. The highest BCUT2D eigenvalue weighted by atomic mass is 35.5. The first-order valence-electron chi connectivity index (χ1n) is 14.7. The van der Waals surface area contributed by atoms with Crippen molar-refractivity contribution in [1.82, 2.24) is 20.9 Å². The number of nitrogens with one attached hydrogen (secondary N) is 4. The van der Waals surface area contributed by atoms with Crippen LogP contribution in [0.5, 0.6) is 5.88 Å². The molecular formula is C34H33Cl2N5O3. The third-order valence-corrected chi connectivity index (χ3v) is 8.91. The second-order valence-electron chi connectivity index (χ2n) is 11.0. The van der Waals surface area contributed by atoms with E-state index in [1.54, 1.807) is 7.11 Å². The van der Waals surface area contributed by atoms with Crippen molar-refractivity contribution >= 4 is 40.7 Å². The number of rotatable bonds is 10. The number of aromatic nitrogens is 1. The topological polar surface area (TPSA) is 104 Å². The molecule has 226 valence electrons. The quantitative estimate of drug-likeness (QED) is 0.170. The van der Waals surface area contributed by atoms with E-state index in [1.807, 2.05) is 72.8 Å². The molecule has 6 rings (SSSR count). The second kappa shape index (κ2) is 13.4. The maximum atomic E-state index is 12.3. The third-order valence-electron chi connectivity index (χ3n) is 8.09. The fourth-order valence-electron chi connectivity index (χ4n) is 5.52. The van der Waals surface area contributed by atoms with Crippen LogP contribution in [0.2, 0.25) is 10.0 Å². The van der Waals surface area contributed by atoms with Crippen LogP contribution in [0, 0.1) is 0 Å². The van der Waals surface area contributed by atoms with Gasteiger partial charge in [-0.15, -0.1) is 0 Å². The van der Waals surface area contributed by atoms with Crippen LogP contribution in [-0.4, -0.2) is 49.1 Å². The number of hydrogen-bond acceptors (Lipinski definition) is 6. The van der Waals surface area contributed by atoms with E-state index in [2.05, 4.69) is 21.3 Å². The number of nitrogens with zero attached hydrogens (tertiary/aromatic N) is 1. The van der Waals surface area contributed by atoms with E-state index in [1.165, 1.54) is 0 Å². The fourth-order valence-corrected chi connectivity index (χ4v) is 6.18. The van der Waals surface area contributed by atoms with Gasteiger partial charge in [0.15, 0.2) is 0 Å². The van der Waals surface area contributed by atoms with Crippen molar-refractivity contribution in [2.24, 2.45) is 0 Å². The molecule has 0 bridgehead atoms. The van der Waals surface area contributed by atoms with Gasteiger partial charge in [-0.3, -0.25) is 9.59 Å². The highest BCUT2D eigenvalue weighted by Crippen LogP contribution is 2.42. The average molecular weight is 631 g/mol. The SMILES string of the molecule is COc1nc(-c2cccc(-c3cccc(-c4ccc(NC(=O)[C@@H]5CCN5)cc4)c3Cl)c2Cl)ccc1CNC[C@@H]1CCC(=O)N1. The molecule has 10 heteroatoms. The molecule has 0 radical (unpaired) electrons. The Kier molecular flexibility index (Phi) is 9.14. The van der Waals surface area contributed by atoms with E-state index in [9.17, 15) is 9.59 Å². The summed E-state index contributed by atoms with van der Waals surface area (Å²) in [7, 11) is 1.60. The predicted molar refractivity (Wildman–Crippen MR) is 175 cm³/mol. The number of ether oxygens (including phenoxy) is 1. The van der Waals surface area contributed by atoms with E-state index in [4.69, 9.17) is 32.9 Å². The summed E-state index contributed by atoms with van der Waals surface area (Å²) in [4.78, 5) is 28.5. The van der Waals surface area contributed by atoms with Crippen molar-refractivity contribution in [2.75, 3.05) is 25.5 Å². The number of halogens is 2. The summed E-state index contributed by atoms with van der Waals surface area (Å²) >= 11 is 14.0. The van der Waals surface area contributed by atoms with Crippen LogP contribution in [0.15, 0.2) is 72.8 Å². The van der Waals surface area contributed by atoms with Gasteiger partial charge in [-0.05, 0) is 43.1 Å². The van der Waals surface area contributed by atoms with Crippen LogP contribution in [0.1, 0.15) is 24.8 Å². The Labute approximate surface area is 266 Å². The van der Waals surface area contributed by atoms with Crippen molar-refractivity contribution in [3.63, 3.8) is 0 Å². The van der Waals surface area contributed by atoms with Gasteiger partial charge in [-0.25, -0.2) is 4.98 Å². The van der Waals surface area contributed by atoms with Gasteiger partial charge < -0.3 is 26.0 Å². The fraction of sp³-hybridized carbons (Fsp3) is 0.265. The zero-order valence-corrected chi connectivity index (χ0v) is 25.8. The number of carbonyl (C=O) groups excluding carboxylic acids is 2. The molecule has 2 aliphatic heterocycles. The van der Waals surface area contributed by atoms with Crippen LogP contribution >= 0.6 is 23.2 Å². The van der Waals surface area contributed by atoms with Crippen LogP contribution in [-0.2, 0) is 16.1 Å². The van der Waals surface area contributed by atoms with Crippen molar-refractivity contribution in [1.29, 1.82) is 0 Å². The Bertz CT molecular complexity index is 1690. The number of hydrogen-bond donors (Lipinski definition) is 4. The molecule has 4 N–H and O–H groups in total. The van der Waals surface area contributed by atoms with E-state index < -0.39 is 0 Å². The summed E-state index contributed by atoms with van der Waals surface area (Å²) in [6, 6.07) is 23.3. The molecule has 8 nitrogen and oxygen atoms in total. The molecule has 0 unspecified atom stereocenters. The molecule has 2 saturated heterocycles. The minimum Gasteiger partial charge on any atom is -0.481 e. The lowest BCUT2D eigenvalue weighted by Gasteiger charge is -2.26. The van der Waals surface area contributed by atoms with Crippen molar-refractivity contribution < 1.29 is 14.3 Å². The maximum absolute atomic E-state index is 12.3. The summed E-state index contributed by atoms with van der Waals surface area (Å²) < 4.78 is 5.62. The molecule has 0 spiro atoms. The zero-order valence-electron chi connectivity index (χ0n) is 24.3. The lowest BCUT2D eigenvalue weighted by atomic mass is 9.96. The van der Waals surface area contributed by atoms with E-state index >= 15 is 0 Å². The standard InChI is InChI=1S/C34H33Cl2N5O3/c1-44-34-21(18-37-19-23-13-15-30(42)39-23)10-14-28(41-34)27-7-3-6-26(32(27)36)25-5-2-4-24(31(25)35)20-8-11-22(12-9-20)40-33(43)29-16-17-38-29/h2-12,14,23,29,37-38H,13,15-19H2,1H3,(H,39,42)(H,40,43)/t23-,29-/m0/s1. The first kappa shape index (κ1) is 30.1. The smallest absolute Gasteiger partial charge is 0.241 e. The van der Waals surface area contributed by atoms with Crippen LogP contribution < -0.4 is 26.0 Å². The summed E-state index contributed by atoms with van der Waals surface area (Å²) in [6.07, 6.45) is 2.27. The molecule has 0 aliphatic carbocycles. The molecule has 2 atom stereocenters. The van der Waals surface area contributed by atoms with Gasteiger partial charge >= 0.3 is 0 Å². The van der Waals surface area contributed by atoms with Crippen molar-refractivity contribution in [2.45, 2.75) is 37.9 Å². The Morgan fingerprint density at radius 2 is 1.61 bits per heavy atom. The summed E-state index contributed by atoms with van der Waals surface area (Å²) in [5.74, 6) is 0.591. The zero-order chi connectivity index (χ0) is 30.6. The lowest BCUT2D eigenvalue weighted by Crippen LogP contribution is -2.50. The minimum absolute atomic E-state index is 0.0208. The van der Waals surface area contributed by atoms with Gasteiger partial charge in [0, 0.05) is 59.1 Å². The van der Waals surface area contributed by atoms with Crippen molar-refractivity contribution in [3.05, 3.63) is 88.4 Å². The molecule has 44 heavy (non-hydrogen) atoms. The number of benzene rings is 3. The Hall–Kier alpha value is -3.95. The number of carbonyl (C=O) groups is 2. The Morgan fingerprint density at radius 1 is 0.932 bits per heavy atom. The molecule has 2 fully saturated rings. The Morgan fingerprint density at radius 3 is 2.25 bits per heavy atom. The number of amides is 2. The van der Waals surface area contributed by atoms with Gasteiger partial charge in [0.1, 0.15) is 0 Å². The van der Waals surface area contributed by atoms with Gasteiger partial charge in [0.25, 0.3) is 0 Å². The van der Waals surface area contributed by atoms with Gasteiger partial charge in [-0.1, -0.05) is 77.8 Å². The van der Waals surface area contributed by atoms with E-state index in [0.717, 1.165) is 58.5 Å². The monoisotopic (exact) mass is 629 g/mol. The van der Waals surface area contributed by atoms with Crippen molar-refractivity contribution in [3.8, 4) is 39.4 Å². The van der Waals surface area contributed by atoms with Crippen LogP contribution in [0.25, 0.3) is 33.5 Å². The first-order chi connectivity index (χ1) is 21.4. The van der Waals surface area contributed by atoms with E-state index in [-0.39, 0.29) is 23.9 Å². The van der Waals surface area contributed by atoms with Crippen LogP contribution in [0.4, 0.5) is 5.69 Å². The molecule has 1 aromatic heterocycles. The Balaban J connectivity index is 1.21. The second-order valence-corrected chi connectivity index (χ2v) is 11.8. The van der Waals surface area contributed by atoms with Gasteiger partial charge in [0.05, 0.1) is 28.9 Å². The number of methoxy groups -OCH3 is 1. The number of pyridine rings is 1. The maximum Gasteiger partial charge on any atom is 0.241 e. The number of anilines is 1. The molecule has 2 aliphatic rings. The molecule has 4 aromatic rings. The molecular weight excluding hydrogens is 597 g/mol. The van der Waals surface area contributed by atoms with Crippen LogP contribution in [0.3, 0.4) is 0 Å². The lowest BCUT2D eigenvalue weighted by molar-refractivity contribution is -0.120.